The smallest absolute Gasteiger partial charge is 0.341 e. The monoisotopic (exact) mass is 293 g/mol. The highest BCUT2D eigenvalue weighted by atomic mass is 19.2. The quantitative estimate of drug-likeness (QED) is 0.925. The summed E-state index contributed by atoms with van der Waals surface area (Å²) in [4.78, 5) is 23.3. The minimum absolute atomic E-state index is 0.0102. The number of carboxylic acids is 1. The molecule has 0 spiro atoms. The lowest BCUT2D eigenvalue weighted by Crippen LogP contribution is -2.20. The number of hydrogen-bond donors (Lipinski definition) is 1. The number of nitrogens with zero attached hydrogens (tertiary/aromatic N) is 1. The Morgan fingerprint density at radius 2 is 1.81 bits per heavy atom. The number of halogens is 2. The molecule has 1 aromatic carbocycles. The van der Waals surface area contributed by atoms with Crippen LogP contribution in [0.15, 0.2) is 23.1 Å². The first-order chi connectivity index (χ1) is 9.99. The molecule has 1 N–H and O–H groups in total. The minimum atomic E-state index is -1.36. The van der Waals surface area contributed by atoms with Crippen molar-refractivity contribution < 1.29 is 18.7 Å². The maximum absolute atomic E-state index is 13.5. The molecule has 0 aliphatic heterocycles. The summed E-state index contributed by atoms with van der Waals surface area (Å²) in [6.45, 7) is 0. The van der Waals surface area contributed by atoms with Crippen molar-refractivity contribution in [1.82, 2.24) is 4.57 Å². The number of rotatable bonds is 2. The Morgan fingerprint density at radius 1 is 1.19 bits per heavy atom. The molecule has 1 aliphatic carbocycles. The zero-order valence-electron chi connectivity index (χ0n) is 11.1. The molecule has 1 heterocycles. The molecule has 1 aliphatic rings. The molecule has 0 unspecified atom stereocenters. The fourth-order valence-corrected chi connectivity index (χ4v) is 2.98. The van der Waals surface area contributed by atoms with Crippen LogP contribution < -0.4 is 5.43 Å². The van der Waals surface area contributed by atoms with Gasteiger partial charge in [0.25, 0.3) is 0 Å². The van der Waals surface area contributed by atoms with Crippen LogP contribution in [0.25, 0.3) is 10.9 Å². The lowest BCUT2D eigenvalue weighted by Gasteiger charge is -2.18. The van der Waals surface area contributed by atoms with Gasteiger partial charge in [-0.25, -0.2) is 13.6 Å². The van der Waals surface area contributed by atoms with Crippen molar-refractivity contribution in [1.29, 1.82) is 0 Å². The summed E-state index contributed by atoms with van der Waals surface area (Å²) in [6.07, 6.45) is 4.89. The van der Waals surface area contributed by atoms with Gasteiger partial charge in [-0.05, 0) is 18.9 Å². The van der Waals surface area contributed by atoms with Gasteiger partial charge in [-0.2, -0.15) is 0 Å². The summed E-state index contributed by atoms with van der Waals surface area (Å²) < 4.78 is 28.5. The molecule has 1 saturated carbocycles. The Labute approximate surface area is 118 Å². The molecular formula is C15H13F2NO3. The molecule has 2 aromatic rings. The van der Waals surface area contributed by atoms with Crippen LogP contribution in [0.3, 0.4) is 0 Å². The molecule has 6 heteroatoms. The van der Waals surface area contributed by atoms with Gasteiger partial charge in [-0.1, -0.05) is 12.8 Å². The topological polar surface area (TPSA) is 59.3 Å². The largest absolute Gasteiger partial charge is 0.477 e. The molecule has 21 heavy (non-hydrogen) atoms. The van der Waals surface area contributed by atoms with E-state index in [1.165, 1.54) is 6.20 Å². The van der Waals surface area contributed by atoms with Gasteiger partial charge in [-0.15, -0.1) is 0 Å². The van der Waals surface area contributed by atoms with Crippen molar-refractivity contribution in [3.63, 3.8) is 0 Å². The summed E-state index contributed by atoms with van der Waals surface area (Å²) in [5.74, 6) is -3.56. The summed E-state index contributed by atoms with van der Waals surface area (Å²) in [6, 6.07) is 1.76. The average molecular weight is 293 g/mol. The summed E-state index contributed by atoms with van der Waals surface area (Å²) in [5.41, 5.74) is -0.957. The third kappa shape index (κ3) is 2.20. The highest BCUT2D eigenvalue weighted by Crippen LogP contribution is 2.32. The minimum Gasteiger partial charge on any atom is -0.477 e. The van der Waals surface area contributed by atoms with Crippen molar-refractivity contribution in [3.8, 4) is 0 Å². The highest BCUT2D eigenvalue weighted by Gasteiger charge is 2.23. The Kier molecular flexibility index (Phi) is 3.23. The van der Waals surface area contributed by atoms with Crippen LogP contribution in [-0.2, 0) is 0 Å². The summed E-state index contributed by atoms with van der Waals surface area (Å²) in [5, 5.41) is 9.04. The molecule has 1 aromatic heterocycles. The van der Waals surface area contributed by atoms with Crippen molar-refractivity contribution in [2.24, 2.45) is 0 Å². The van der Waals surface area contributed by atoms with Crippen LogP contribution >= 0.6 is 0 Å². The van der Waals surface area contributed by atoms with Crippen molar-refractivity contribution in [3.05, 3.63) is 45.8 Å². The summed E-state index contributed by atoms with van der Waals surface area (Å²) in [7, 11) is 0. The second kappa shape index (κ2) is 4.95. The van der Waals surface area contributed by atoms with Gasteiger partial charge in [-0.3, -0.25) is 4.79 Å². The SMILES string of the molecule is O=C(O)c1cn(C2CCCC2)c2cc(F)c(F)cc2c1=O. The van der Waals surface area contributed by atoms with Crippen molar-refractivity contribution in [2.75, 3.05) is 0 Å². The van der Waals surface area contributed by atoms with Gasteiger partial charge >= 0.3 is 5.97 Å². The molecule has 0 radical (unpaired) electrons. The lowest BCUT2D eigenvalue weighted by molar-refractivity contribution is 0.0694. The van der Waals surface area contributed by atoms with Crippen molar-refractivity contribution >= 4 is 16.9 Å². The first-order valence-corrected chi connectivity index (χ1v) is 6.76. The molecule has 110 valence electrons. The zero-order chi connectivity index (χ0) is 15.1. The Morgan fingerprint density at radius 3 is 2.43 bits per heavy atom. The number of carboxylic acid groups (broad SMARTS) is 1. The number of fused-ring (bicyclic) bond motifs is 1. The highest BCUT2D eigenvalue weighted by molar-refractivity contribution is 5.92. The van der Waals surface area contributed by atoms with E-state index >= 15 is 0 Å². The number of benzene rings is 1. The molecule has 0 bridgehead atoms. The molecule has 3 rings (SSSR count). The van der Waals surface area contributed by atoms with Crippen molar-refractivity contribution in [2.45, 2.75) is 31.7 Å². The van der Waals surface area contributed by atoms with E-state index in [2.05, 4.69) is 0 Å². The molecular weight excluding hydrogens is 280 g/mol. The molecule has 0 amide bonds. The molecule has 1 fully saturated rings. The zero-order valence-corrected chi connectivity index (χ0v) is 11.1. The summed E-state index contributed by atoms with van der Waals surface area (Å²) >= 11 is 0. The lowest BCUT2D eigenvalue weighted by atomic mass is 10.1. The molecule has 0 saturated heterocycles. The average Bonchev–Trinajstić information content (AvgIpc) is 2.95. The van der Waals surface area contributed by atoms with E-state index in [0.717, 1.165) is 37.8 Å². The number of pyridine rings is 1. The first kappa shape index (κ1) is 13.7. The second-order valence-electron chi connectivity index (χ2n) is 5.31. The number of hydrogen-bond acceptors (Lipinski definition) is 2. The van der Waals surface area contributed by atoms with Crippen LogP contribution in [0.1, 0.15) is 42.1 Å². The maximum atomic E-state index is 13.5. The van der Waals surface area contributed by atoms with Crippen LogP contribution in [0, 0.1) is 11.6 Å². The van der Waals surface area contributed by atoms with Gasteiger partial charge in [0.05, 0.1) is 5.52 Å². The Bertz CT molecular complexity index is 792. The van der Waals surface area contributed by atoms with E-state index in [-0.39, 0.29) is 16.9 Å². The molecule has 4 nitrogen and oxygen atoms in total. The fourth-order valence-electron chi connectivity index (χ4n) is 2.98. The van der Waals surface area contributed by atoms with E-state index in [1.807, 2.05) is 0 Å². The van der Waals surface area contributed by atoms with E-state index in [4.69, 9.17) is 5.11 Å². The van der Waals surface area contributed by atoms with E-state index in [1.54, 1.807) is 4.57 Å². The predicted octanol–water partition coefficient (Wildman–Crippen LogP) is 3.09. The molecule has 0 atom stereocenters. The number of aromatic nitrogens is 1. The third-order valence-corrected chi connectivity index (χ3v) is 4.02. The van der Waals surface area contributed by atoms with E-state index in [0.29, 0.717) is 0 Å². The van der Waals surface area contributed by atoms with Gasteiger partial charge in [0.15, 0.2) is 11.6 Å². The third-order valence-electron chi connectivity index (χ3n) is 4.02. The Balaban J connectivity index is 2.38. The first-order valence-electron chi connectivity index (χ1n) is 6.76. The second-order valence-corrected chi connectivity index (χ2v) is 5.31. The van der Waals surface area contributed by atoms with Gasteiger partial charge in [0.2, 0.25) is 5.43 Å². The van der Waals surface area contributed by atoms with Crippen LogP contribution in [0.5, 0.6) is 0 Å². The van der Waals surface area contributed by atoms with Gasteiger partial charge < -0.3 is 9.67 Å². The van der Waals surface area contributed by atoms with Crippen LogP contribution in [-0.4, -0.2) is 15.6 Å². The standard InChI is InChI=1S/C15H13F2NO3/c16-11-5-9-13(6-12(11)17)18(8-3-1-2-4-8)7-10(14(9)19)15(20)21/h5-8H,1-4H2,(H,20,21). The number of aromatic carboxylic acids is 1. The predicted molar refractivity (Wildman–Crippen MR) is 72.6 cm³/mol. The Hall–Kier alpha value is -2.24. The van der Waals surface area contributed by atoms with Crippen LogP contribution in [0.2, 0.25) is 0 Å². The van der Waals surface area contributed by atoms with Gasteiger partial charge in [0, 0.05) is 23.7 Å². The fraction of sp³-hybridized carbons (Fsp3) is 0.333. The van der Waals surface area contributed by atoms with E-state index < -0.39 is 28.6 Å². The number of carbonyl (C=O) groups is 1. The van der Waals surface area contributed by atoms with Gasteiger partial charge in [0.1, 0.15) is 5.56 Å². The van der Waals surface area contributed by atoms with Crippen LogP contribution in [0.4, 0.5) is 8.78 Å². The maximum Gasteiger partial charge on any atom is 0.341 e. The normalized spacial score (nSPS) is 15.7. The van der Waals surface area contributed by atoms with E-state index in [9.17, 15) is 18.4 Å².